The summed E-state index contributed by atoms with van der Waals surface area (Å²) in [4.78, 5) is 0. The molecule has 0 spiro atoms. The van der Waals surface area contributed by atoms with Gasteiger partial charge in [0.05, 0.1) is 6.61 Å². The summed E-state index contributed by atoms with van der Waals surface area (Å²) in [6.07, 6.45) is 2.26. The van der Waals surface area contributed by atoms with Gasteiger partial charge in [-0.25, -0.2) is 0 Å². The number of nitrogens with two attached hydrogens (primary N) is 1. The highest BCUT2D eigenvalue weighted by Gasteiger charge is 2.08. The molecule has 2 heteroatoms. The molecule has 0 radical (unpaired) electrons. The molecule has 0 heterocycles. The van der Waals surface area contributed by atoms with Crippen molar-refractivity contribution in [1.82, 2.24) is 0 Å². The van der Waals surface area contributed by atoms with Crippen LogP contribution < -0.4 is 5.73 Å². The summed E-state index contributed by atoms with van der Waals surface area (Å²) in [5, 5.41) is 8.61. The minimum absolute atomic E-state index is 0.0232. The molecule has 0 saturated carbocycles. The summed E-state index contributed by atoms with van der Waals surface area (Å²) < 4.78 is 0. The molecule has 0 saturated heterocycles. The van der Waals surface area contributed by atoms with E-state index in [-0.39, 0.29) is 12.6 Å². The maximum Gasteiger partial charge on any atom is 0.0585 e. The zero-order valence-electron chi connectivity index (χ0n) is 6.30. The summed E-state index contributed by atoms with van der Waals surface area (Å²) in [6.45, 7) is 4.31. The van der Waals surface area contributed by atoms with Crippen molar-refractivity contribution >= 4 is 0 Å². The number of hydrogen-bond donors (Lipinski definition) is 2. The van der Waals surface area contributed by atoms with Crippen molar-refractivity contribution in [2.24, 2.45) is 11.7 Å². The van der Waals surface area contributed by atoms with Gasteiger partial charge in [0.2, 0.25) is 0 Å². The van der Waals surface area contributed by atoms with Crippen LogP contribution in [0.15, 0.2) is 0 Å². The van der Waals surface area contributed by atoms with E-state index in [1.54, 1.807) is 0 Å². The Morgan fingerprint density at radius 2 is 2.11 bits per heavy atom. The van der Waals surface area contributed by atoms with Crippen LogP contribution in [-0.2, 0) is 0 Å². The fourth-order valence-electron chi connectivity index (χ4n) is 0.849. The van der Waals surface area contributed by atoms with Gasteiger partial charge in [0, 0.05) is 6.04 Å². The van der Waals surface area contributed by atoms with E-state index in [9.17, 15) is 0 Å². The van der Waals surface area contributed by atoms with E-state index in [0.717, 1.165) is 12.8 Å². The number of aliphatic hydroxyl groups is 1. The predicted octanol–water partition coefficient (Wildman–Crippen LogP) is 0.742. The van der Waals surface area contributed by atoms with Crippen molar-refractivity contribution in [1.29, 1.82) is 0 Å². The number of hydrogen-bond acceptors (Lipinski definition) is 2. The molecule has 9 heavy (non-hydrogen) atoms. The lowest BCUT2D eigenvalue weighted by atomic mass is 9.99. The molecule has 0 aliphatic heterocycles. The SMILES string of the molecule is CCCC(C)[C@@H](N)CO. The van der Waals surface area contributed by atoms with Gasteiger partial charge in [-0.05, 0) is 12.3 Å². The Morgan fingerprint density at radius 3 is 2.44 bits per heavy atom. The first-order valence-electron chi connectivity index (χ1n) is 3.58. The van der Waals surface area contributed by atoms with Gasteiger partial charge in [0.1, 0.15) is 0 Å². The van der Waals surface area contributed by atoms with E-state index in [1.807, 2.05) is 0 Å². The lowest BCUT2D eigenvalue weighted by molar-refractivity contribution is 0.227. The van der Waals surface area contributed by atoms with E-state index >= 15 is 0 Å². The molecular formula is C7H17NO. The molecule has 3 N–H and O–H groups in total. The molecule has 0 aliphatic carbocycles. The third-order valence-electron chi connectivity index (χ3n) is 1.69. The standard InChI is InChI=1S/C7H17NO/c1-3-4-6(2)7(8)5-9/h6-7,9H,3-5,8H2,1-2H3/t6?,7-/m0/s1. The first kappa shape index (κ1) is 8.92. The van der Waals surface area contributed by atoms with Crippen molar-refractivity contribution in [3.05, 3.63) is 0 Å². The topological polar surface area (TPSA) is 46.2 Å². The van der Waals surface area contributed by atoms with Crippen LogP contribution >= 0.6 is 0 Å². The molecule has 2 atom stereocenters. The van der Waals surface area contributed by atoms with E-state index < -0.39 is 0 Å². The Kier molecular flexibility index (Phi) is 4.72. The van der Waals surface area contributed by atoms with Gasteiger partial charge < -0.3 is 10.8 Å². The highest BCUT2D eigenvalue weighted by Crippen LogP contribution is 2.07. The van der Waals surface area contributed by atoms with Gasteiger partial charge in [0.15, 0.2) is 0 Å². The Hall–Kier alpha value is -0.0800. The lowest BCUT2D eigenvalue weighted by Gasteiger charge is -2.15. The highest BCUT2D eigenvalue weighted by molar-refractivity contribution is 4.66. The Labute approximate surface area is 57.1 Å². The molecule has 0 rings (SSSR count). The van der Waals surface area contributed by atoms with Crippen LogP contribution in [0.4, 0.5) is 0 Å². The summed E-state index contributed by atoms with van der Waals surface area (Å²) >= 11 is 0. The average Bonchev–Trinajstić information content (AvgIpc) is 1.87. The second kappa shape index (κ2) is 4.77. The summed E-state index contributed by atoms with van der Waals surface area (Å²) in [6, 6.07) is -0.0232. The van der Waals surface area contributed by atoms with Crippen LogP contribution in [0.3, 0.4) is 0 Å². The maximum atomic E-state index is 8.61. The van der Waals surface area contributed by atoms with Crippen LogP contribution in [0.5, 0.6) is 0 Å². The number of rotatable bonds is 4. The van der Waals surface area contributed by atoms with E-state index in [4.69, 9.17) is 10.8 Å². The Balaban J connectivity index is 3.32. The molecular weight excluding hydrogens is 114 g/mol. The van der Waals surface area contributed by atoms with Crippen molar-refractivity contribution in [2.45, 2.75) is 32.7 Å². The summed E-state index contributed by atoms with van der Waals surface area (Å²) in [5.74, 6) is 0.458. The maximum absolute atomic E-state index is 8.61. The molecule has 0 amide bonds. The molecule has 2 nitrogen and oxygen atoms in total. The Bertz CT molecular complexity index is 65.9. The fraction of sp³-hybridized carbons (Fsp3) is 1.00. The third kappa shape index (κ3) is 3.49. The van der Waals surface area contributed by atoms with Crippen LogP contribution in [-0.4, -0.2) is 17.8 Å². The molecule has 0 aromatic rings. The molecule has 0 aromatic carbocycles. The molecule has 0 aromatic heterocycles. The normalized spacial score (nSPS) is 17.3. The monoisotopic (exact) mass is 131 g/mol. The Morgan fingerprint density at radius 1 is 1.56 bits per heavy atom. The smallest absolute Gasteiger partial charge is 0.0585 e. The zero-order chi connectivity index (χ0) is 7.28. The van der Waals surface area contributed by atoms with Crippen molar-refractivity contribution in [3.8, 4) is 0 Å². The van der Waals surface area contributed by atoms with Gasteiger partial charge >= 0.3 is 0 Å². The summed E-state index contributed by atoms with van der Waals surface area (Å²) in [5.41, 5.74) is 5.55. The molecule has 0 bridgehead atoms. The van der Waals surface area contributed by atoms with Crippen LogP contribution in [0.1, 0.15) is 26.7 Å². The molecule has 56 valence electrons. The van der Waals surface area contributed by atoms with Crippen molar-refractivity contribution in [3.63, 3.8) is 0 Å². The minimum atomic E-state index is -0.0232. The van der Waals surface area contributed by atoms with E-state index in [2.05, 4.69) is 13.8 Å². The van der Waals surface area contributed by atoms with Crippen LogP contribution in [0.25, 0.3) is 0 Å². The quantitative estimate of drug-likeness (QED) is 0.591. The molecule has 1 unspecified atom stereocenters. The fourth-order valence-corrected chi connectivity index (χ4v) is 0.849. The second-order valence-electron chi connectivity index (χ2n) is 2.61. The number of aliphatic hydroxyl groups excluding tert-OH is 1. The summed E-state index contributed by atoms with van der Waals surface area (Å²) in [7, 11) is 0. The molecule has 0 fully saturated rings. The van der Waals surface area contributed by atoms with E-state index in [0.29, 0.717) is 5.92 Å². The first-order valence-corrected chi connectivity index (χ1v) is 3.58. The van der Waals surface area contributed by atoms with Gasteiger partial charge in [-0.15, -0.1) is 0 Å². The predicted molar refractivity (Wildman–Crippen MR) is 39.1 cm³/mol. The van der Waals surface area contributed by atoms with Crippen LogP contribution in [0.2, 0.25) is 0 Å². The van der Waals surface area contributed by atoms with Gasteiger partial charge in [-0.2, -0.15) is 0 Å². The van der Waals surface area contributed by atoms with Gasteiger partial charge in [-0.1, -0.05) is 20.3 Å². The highest BCUT2D eigenvalue weighted by atomic mass is 16.3. The van der Waals surface area contributed by atoms with Crippen molar-refractivity contribution in [2.75, 3.05) is 6.61 Å². The third-order valence-corrected chi connectivity index (χ3v) is 1.69. The van der Waals surface area contributed by atoms with Gasteiger partial charge in [0.25, 0.3) is 0 Å². The van der Waals surface area contributed by atoms with E-state index in [1.165, 1.54) is 0 Å². The largest absolute Gasteiger partial charge is 0.395 e. The second-order valence-corrected chi connectivity index (χ2v) is 2.61. The van der Waals surface area contributed by atoms with Crippen LogP contribution in [0, 0.1) is 5.92 Å². The lowest BCUT2D eigenvalue weighted by Crippen LogP contribution is -2.31. The zero-order valence-corrected chi connectivity index (χ0v) is 6.30. The first-order chi connectivity index (χ1) is 4.22. The van der Waals surface area contributed by atoms with Gasteiger partial charge in [-0.3, -0.25) is 0 Å². The van der Waals surface area contributed by atoms with Crippen molar-refractivity contribution < 1.29 is 5.11 Å². The molecule has 0 aliphatic rings. The average molecular weight is 131 g/mol. The minimum Gasteiger partial charge on any atom is -0.395 e.